The van der Waals surface area contributed by atoms with E-state index in [9.17, 15) is 9.50 Å². The third-order valence-corrected chi connectivity index (χ3v) is 3.46. The molecule has 0 heterocycles. The highest BCUT2D eigenvalue weighted by atomic mass is 79.9. The van der Waals surface area contributed by atoms with Crippen molar-refractivity contribution in [2.24, 2.45) is 0 Å². The van der Waals surface area contributed by atoms with E-state index in [4.69, 9.17) is 9.47 Å². The summed E-state index contributed by atoms with van der Waals surface area (Å²) in [6.07, 6.45) is 0.264. The van der Waals surface area contributed by atoms with Crippen LogP contribution in [0.3, 0.4) is 0 Å². The van der Waals surface area contributed by atoms with Crippen LogP contribution in [-0.2, 0) is 15.9 Å². The van der Waals surface area contributed by atoms with Crippen molar-refractivity contribution < 1.29 is 19.0 Å². The highest BCUT2D eigenvalue weighted by Crippen LogP contribution is 2.25. The molecule has 102 valence electrons. The topological polar surface area (TPSA) is 38.7 Å². The SMILES string of the molecule is COC(CC(C)(O)Cc1ccc(F)cc1Br)OC. The van der Waals surface area contributed by atoms with Crippen LogP contribution < -0.4 is 0 Å². The van der Waals surface area contributed by atoms with Gasteiger partial charge in [0.15, 0.2) is 6.29 Å². The van der Waals surface area contributed by atoms with Gasteiger partial charge < -0.3 is 14.6 Å². The first-order valence-corrected chi connectivity index (χ1v) is 6.39. The van der Waals surface area contributed by atoms with E-state index in [1.807, 2.05) is 0 Å². The van der Waals surface area contributed by atoms with Crippen LogP contribution in [-0.4, -0.2) is 31.2 Å². The van der Waals surface area contributed by atoms with Crippen LogP contribution in [0.4, 0.5) is 4.39 Å². The fraction of sp³-hybridized carbons (Fsp3) is 0.538. The number of hydrogen-bond donors (Lipinski definition) is 1. The molecule has 0 aliphatic heterocycles. The molecular formula is C13H18BrFO3. The van der Waals surface area contributed by atoms with Crippen molar-refractivity contribution >= 4 is 15.9 Å². The number of halogens is 2. The van der Waals surface area contributed by atoms with Gasteiger partial charge >= 0.3 is 0 Å². The van der Waals surface area contributed by atoms with Gasteiger partial charge in [-0.15, -0.1) is 0 Å². The maximum Gasteiger partial charge on any atom is 0.159 e. The zero-order valence-corrected chi connectivity index (χ0v) is 12.3. The molecule has 0 radical (unpaired) electrons. The Hall–Kier alpha value is -0.490. The number of ether oxygens (including phenoxy) is 2. The van der Waals surface area contributed by atoms with E-state index >= 15 is 0 Å². The molecule has 0 saturated carbocycles. The molecule has 1 atom stereocenters. The maximum absolute atomic E-state index is 13.0. The van der Waals surface area contributed by atoms with Crippen LogP contribution in [0.5, 0.6) is 0 Å². The van der Waals surface area contributed by atoms with E-state index in [-0.39, 0.29) is 5.82 Å². The average Bonchev–Trinajstić information content (AvgIpc) is 2.30. The van der Waals surface area contributed by atoms with E-state index in [0.29, 0.717) is 17.3 Å². The van der Waals surface area contributed by atoms with Gasteiger partial charge in [-0.05, 0) is 24.6 Å². The second kappa shape index (κ2) is 6.61. The molecule has 1 rings (SSSR count). The third-order valence-electron chi connectivity index (χ3n) is 2.72. The summed E-state index contributed by atoms with van der Waals surface area (Å²) in [6.45, 7) is 1.70. The van der Waals surface area contributed by atoms with E-state index in [0.717, 1.165) is 5.56 Å². The molecule has 1 aromatic carbocycles. The first kappa shape index (κ1) is 15.6. The normalized spacial score (nSPS) is 14.8. The highest BCUT2D eigenvalue weighted by molar-refractivity contribution is 9.10. The van der Waals surface area contributed by atoms with Gasteiger partial charge in [0.2, 0.25) is 0 Å². The second-order valence-electron chi connectivity index (χ2n) is 4.51. The molecule has 1 N–H and O–H groups in total. The first-order chi connectivity index (χ1) is 8.38. The van der Waals surface area contributed by atoms with E-state index in [1.54, 1.807) is 13.0 Å². The summed E-state index contributed by atoms with van der Waals surface area (Å²) in [7, 11) is 3.05. The molecule has 1 aromatic rings. The fourth-order valence-electron chi connectivity index (χ4n) is 1.77. The Morgan fingerprint density at radius 1 is 1.39 bits per heavy atom. The van der Waals surface area contributed by atoms with Crippen molar-refractivity contribution in [3.8, 4) is 0 Å². The van der Waals surface area contributed by atoms with Crippen LogP contribution in [0.15, 0.2) is 22.7 Å². The Balaban J connectivity index is 2.75. The molecule has 3 nitrogen and oxygen atoms in total. The van der Waals surface area contributed by atoms with Gasteiger partial charge in [0.1, 0.15) is 5.82 Å². The lowest BCUT2D eigenvalue weighted by molar-refractivity contribution is -0.139. The largest absolute Gasteiger partial charge is 0.390 e. The van der Waals surface area contributed by atoms with Gasteiger partial charge in [-0.25, -0.2) is 4.39 Å². The van der Waals surface area contributed by atoms with Crippen molar-refractivity contribution in [3.63, 3.8) is 0 Å². The standard InChI is InChI=1S/C13H18BrFO3/c1-13(16,8-12(17-2)18-3)7-9-4-5-10(15)6-11(9)14/h4-6,12,16H,7-8H2,1-3H3. The van der Waals surface area contributed by atoms with E-state index in [2.05, 4.69) is 15.9 Å². The molecule has 0 spiro atoms. The van der Waals surface area contributed by atoms with Gasteiger partial charge in [0, 0.05) is 31.5 Å². The highest BCUT2D eigenvalue weighted by Gasteiger charge is 2.26. The van der Waals surface area contributed by atoms with Crippen molar-refractivity contribution in [3.05, 3.63) is 34.1 Å². The molecule has 0 fully saturated rings. The smallest absolute Gasteiger partial charge is 0.159 e. The van der Waals surface area contributed by atoms with Gasteiger partial charge in [-0.1, -0.05) is 22.0 Å². The molecule has 0 aliphatic rings. The van der Waals surface area contributed by atoms with Crippen molar-refractivity contribution in [2.45, 2.75) is 31.7 Å². The van der Waals surface area contributed by atoms with Crippen LogP contribution in [0.2, 0.25) is 0 Å². The predicted octanol–water partition coefficient (Wildman–Crippen LogP) is 2.89. The lowest BCUT2D eigenvalue weighted by Gasteiger charge is -2.27. The second-order valence-corrected chi connectivity index (χ2v) is 5.37. The zero-order valence-electron chi connectivity index (χ0n) is 10.7. The number of aliphatic hydroxyl groups is 1. The summed E-state index contributed by atoms with van der Waals surface area (Å²) in [4.78, 5) is 0. The van der Waals surface area contributed by atoms with Crippen molar-refractivity contribution in [2.75, 3.05) is 14.2 Å². The summed E-state index contributed by atoms with van der Waals surface area (Å²) in [5.74, 6) is -0.308. The number of methoxy groups -OCH3 is 2. The predicted molar refractivity (Wildman–Crippen MR) is 70.9 cm³/mol. The molecule has 1 unspecified atom stereocenters. The molecular weight excluding hydrogens is 303 g/mol. The van der Waals surface area contributed by atoms with Crippen molar-refractivity contribution in [1.29, 1.82) is 0 Å². The molecule has 0 aromatic heterocycles. The fourth-order valence-corrected chi connectivity index (χ4v) is 2.26. The van der Waals surface area contributed by atoms with Crippen molar-refractivity contribution in [1.82, 2.24) is 0 Å². The molecule has 0 bridgehead atoms. The monoisotopic (exact) mass is 320 g/mol. The third kappa shape index (κ3) is 4.65. The van der Waals surface area contributed by atoms with Gasteiger partial charge in [0.25, 0.3) is 0 Å². The molecule has 0 aliphatic carbocycles. The molecule has 0 saturated heterocycles. The summed E-state index contributed by atoms with van der Waals surface area (Å²) in [6, 6.07) is 4.42. The lowest BCUT2D eigenvalue weighted by atomic mass is 9.93. The van der Waals surface area contributed by atoms with Crippen LogP contribution >= 0.6 is 15.9 Å². The molecule has 18 heavy (non-hydrogen) atoms. The Labute approximate surface area is 115 Å². The van der Waals surface area contributed by atoms with Gasteiger partial charge in [-0.3, -0.25) is 0 Å². The Bertz CT molecular complexity index is 392. The number of hydrogen-bond acceptors (Lipinski definition) is 3. The number of benzene rings is 1. The average molecular weight is 321 g/mol. The van der Waals surface area contributed by atoms with Crippen LogP contribution in [0.25, 0.3) is 0 Å². The maximum atomic E-state index is 13.0. The van der Waals surface area contributed by atoms with E-state index in [1.165, 1.54) is 26.4 Å². The summed E-state index contributed by atoms with van der Waals surface area (Å²) < 4.78 is 23.8. The van der Waals surface area contributed by atoms with Gasteiger partial charge in [0.05, 0.1) is 5.60 Å². The minimum absolute atomic E-state index is 0.308. The Kier molecular flexibility index (Phi) is 5.72. The summed E-state index contributed by atoms with van der Waals surface area (Å²) in [5.41, 5.74) is -0.149. The zero-order chi connectivity index (χ0) is 13.8. The Morgan fingerprint density at radius 2 is 2.00 bits per heavy atom. The van der Waals surface area contributed by atoms with E-state index < -0.39 is 11.9 Å². The van der Waals surface area contributed by atoms with Gasteiger partial charge in [-0.2, -0.15) is 0 Å². The summed E-state index contributed by atoms with van der Waals surface area (Å²) >= 11 is 3.29. The lowest BCUT2D eigenvalue weighted by Crippen LogP contribution is -2.34. The number of rotatable bonds is 6. The summed E-state index contributed by atoms with van der Waals surface area (Å²) in [5, 5.41) is 10.3. The molecule has 5 heteroatoms. The molecule has 0 amide bonds. The van der Waals surface area contributed by atoms with Crippen LogP contribution in [0, 0.1) is 5.82 Å². The Morgan fingerprint density at radius 3 is 2.50 bits per heavy atom. The first-order valence-electron chi connectivity index (χ1n) is 5.60. The minimum Gasteiger partial charge on any atom is -0.390 e. The minimum atomic E-state index is -0.989. The van der Waals surface area contributed by atoms with Crippen LogP contribution in [0.1, 0.15) is 18.9 Å². The quantitative estimate of drug-likeness (QED) is 0.819.